The van der Waals surface area contributed by atoms with Gasteiger partial charge in [-0.05, 0) is 89.4 Å². The van der Waals surface area contributed by atoms with Gasteiger partial charge in [0.05, 0.1) is 12.3 Å². The van der Waals surface area contributed by atoms with Crippen molar-refractivity contribution in [2.45, 2.75) is 32.5 Å². The Morgan fingerprint density at radius 3 is 2.53 bits per heavy atom. The quantitative estimate of drug-likeness (QED) is 0.185. The fourth-order valence-electron chi connectivity index (χ4n) is 4.87. The first-order valence-electron chi connectivity index (χ1n) is 12.3. The van der Waals surface area contributed by atoms with Crippen molar-refractivity contribution >= 4 is 28.9 Å². The molecule has 1 fully saturated rings. The number of alkyl halides is 1. The van der Waals surface area contributed by atoms with E-state index in [4.69, 9.17) is 9.84 Å². The number of hydrazine groups is 1. The van der Waals surface area contributed by atoms with Crippen LogP contribution in [0, 0.1) is 5.92 Å². The third-order valence-electron chi connectivity index (χ3n) is 6.80. The van der Waals surface area contributed by atoms with E-state index in [1.165, 1.54) is 12.0 Å². The minimum atomic E-state index is -1.28. The highest BCUT2D eigenvalue weighted by Crippen LogP contribution is 2.46. The van der Waals surface area contributed by atoms with Gasteiger partial charge in [0.2, 0.25) is 0 Å². The number of anilines is 1. The van der Waals surface area contributed by atoms with Crippen LogP contribution in [-0.4, -0.2) is 17.7 Å². The SMILES string of the molecule is CCOc1cccc(/C(=C(\c2ccc(/C=C/C(=O)O)cc2)c2ccc3c(c2)C(F)NN3)C2CCC2)c1. The molecule has 3 aromatic rings. The maximum atomic E-state index is 14.6. The van der Waals surface area contributed by atoms with Gasteiger partial charge >= 0.3 is 5.97 Å². The Morgan fingerprint density at radius 2 is 1.83 bits per heavy atom. The molecular weight excluding hydrogens is 455 g/mol. The second-order valence-corrected chi connectivity index (χ2v) is 9.10. The molecule has 0 aromatic heterocycles. The van der Waals surface area contributed by atoms with E-state index in [1.54, 1.807) is 6.08 Å². The molecule has 0 amide bonds. The first-order valence-corrected chi connectivity index (χ1v) is 12.3. The Kier molecular flexibility index (Phi) is 6.87. The number of carbonyl (C=O) groups is 1. The summed E-state index contributed by atoms with van der Waals surface area (Å²) in [4.78, 5) is 10.9. The van der Waals surface area contributed by atoms with Crippen LogP contribution in [0.4, 0.5) is 10.1 Å². The molecule has 0 spiro atoms. The standard InChI is InChI=1S/C30H29FN2O3/c1-2-36-24-8-4-7-22(17-24)28(20-5-3-6-20)29(21-12-9-19(10-13-21)11-16-27(34)35)23-14-15-26-25(18-23)30(31)33-32-26/h4,7-18,20,30,32-33H,2-3,5-6H2,1H3,(H,34,35)/b16-11+,29-28+. The maximum absolute atomic E-state index is 14.6. The number of fused-ring (bicyclic) bond motifs is 1. The molecule has 6 heteroatoms. The normalized spacial score (nSPS) is 17.8. The number of allylic oxidation sites excluding steroid dienone is 1. The predicted octanol–water partition coefficient (Wildman–Crippen LogP) is 6.84. The molecule has 3 aromatic carbocycles. The number of rotatable bonds is 8. The zero-order chi connectivity index (χ0) is 25.1. The predicted molar refractivity (Wildman–Crippen MR) is 141 cm³/mol. The monoisotopic (exact) mass is 484 g/mol. The van der Waals surface area contributed by atoms with E-state index in [2.05, 4.69) is 23.0 Å². The van der Waals surface area contributed by atoms with Crippen LogP contribution in [0.15, 0.2) is 72.8 Å². The number of nitrogens with one attached hydrogen (secondary N) is 2. The number of carboxylic acid groups (broad SMARTS) is 1. The number of halogens is 1. The lowest BCUT2D eigenvalue weighted by Gasteiger charge is -2.32. The fourth-order valence-corrected chi connectivity index (χ4v) is 4.87. The molecule has 184 valence electrons. The Hall–Kier alpha value is -3.90. The molecule has 1 heterocycles. The highest BCUT2D eigenvalue weighted by atomic mass is 19.1. The number of ether oxygens (including phenoxy) is 1. The van der Waals surface area contributed by atoms with Crippen molar-refractivity contribution in [1.82, 2.24) is 5.43 Å². The Labute approximate surface area is 210 Å². The van der Waals surface area contributed by atoms with Crippen molar-refractivity contribution < 1.29 is 19.0 Å². The van der Waals surface area contributed by atoms with Crippen molar-refractivity contribution in [1.29, 1.82) is 0 Å². The van der Waals surface area contributed by atoms with Crippen LogP contribution in [0.2, 0.25) is 0 Å². The molecule has 5 rings (SSSR count). The summed E-state index contributed by atoms with van der Waals surface area (Å²) < 4.78 is 20.4. The van der Waals surface area contributed by atoms with Crippen LogP contribution in [0.5, 0.6) is 5.75 Å². The highest BCUT2D eigenvalue weighted by molar-refractivity contribution is 6.00. The third kappa shape index (κ3) is 4.90. The molecule has 0 saturated heterocycles. The Balaban J connectivity index is 1.71. The molecule has 0 bridgehead atoms. The van der Waals surface area contributed by atoms with Gasteiger partial charge in [0.25, 0.3) is 0 Å². The molecule has 1 aliphatic carbocycles. The topological polar surface area (TPSA) is 70.6 Å². The van der Waals surface area contributed by atoms with Gasteiger partial charge in [0.1, 0.15) is 5.75 Å². The summed E-state index contributed by atoms with van der Waals surface area (Å²) in [5.41, 5.74) is 13.0. The first-order chi connectivity index (χ1) is 17.5. The van der Waals surface area contributed by atoms with Crippen molar-refractivity contribution in [2.24, 2.45) is 5.92 Å². The zero-order valence-electron chi connectivity index (χ0n) is 20.1. The molecule has 1 unspecified atom stereocenters. The number of carboxylic acids is 1. The summed E-state index contributed by atoms with van der Waals surface area (Å²) in [6.45, 7) is 2.56. The van der Waals surface area contributed by atoms with Crippen molar-refractivity contribution in [3.63, 3.8) is 0 Å². The van der Waals surface area contributed by atoms with Crippen LogP contribution >= 0.6 is 0 Å². The van der Waals surface area contributed by atoms with E-state index in [0.29, 0.717) is 18.1 Å². The summed E-state index contributed by atoms with van der Waals surface area (Å²) in [5.74, 6) is 0.225. The molecule has 1 saturated carbocycles. The van der Waals surface area contributed by atoms with Gasteiger partial charge in [-0.15, -0.1) is 0 Å². The number of aliphatic carboxylic acids is 1. The molecule has 3 N–H and O–H groups in total. The van der Waals surface area contributed by atoms with Gasteiger partial charge in [0, 0.05) is 11.6 Å². The van der Waals surface area contributed by atoms with Crippen LogP contribution in [0.3, 0.4) is 0 Å². The van der Waals surface area contributed by atoms with Crippen LogP contribution < -0.4 is 15.6 Å². The van der Waals surface area contributed by atoms with Gasteiger partial charge in [-0.3, -0.25) is 0 Å². The van der Waals surface area contributed by atoms with Crippen LogP contribution in [0.1, 0.15) is 60.3 Å². The van der Waals surface area contributed by atoms with Gasteiger partial charge in [-0.1, -0.05) is 48.9 Å². The van der Waals surface area contributed by atoms with Gasteiger partial charge < -0.3 is 15.3 Å². The Morgan fingerprint density at radius 1 is 1.06 bits per heavy atom. The molecule has 1 atom stereocenters. The van der Waals surface area contributed by atoms with Gasteiger partial charge in [-0.25, -0.2) is 14.6 Å². The van der Waals surface area contributed by atoms with Crippen molar-refractivity contribution in [3.05, 3.63) is 101 Å². The molecule has 1 aliphatic heterocycles. The third-order valence-corrected chi connectivity index (χ3v) is 6.80. The summed E-state index contributed by atoms with van der Waals surface area (Å²) in [6.07, 6.45) is 4.79. The number of hydrogen-bond donors (Lipinski definition) is 3. The smallest absolute Gasteiger partial charge is 0.328 e. The fraction of sp³-hybridized carbons (Fsp3) is 0.233. The minimum absolute atomic E-state index is 0.383. The van der Waals surface area contributed by atoms with Crippen LogP contribution in [0.25, 0.3) is 17.2 Å². The van der Waals surface area contributed by atoms with Gasteiger partial charge in [0.15, 0.2) is 6.30 Å². The van der Waals surface area contributed by atoms with E-state index in [-0.39, 0.29) is 0 Å². The highest BCUT2D eigenvalue weighted by Gasteiger charge is 2.29. The average molecular weight is 485 g/mol. The second-order valence-electron chi connectivity index (χ2n) is 9.10. The van der Waals surface area contributed by atoms with E-state index in [1.807, 2.05) is 61.5 Å². The largest absolute Gasteiger partial charge is 0.494 e. The van der Waals surface area contributed by atoms with Crippen molar-refractivity contribution in [2.75, 3.05) is 12.0 Å². The first kappa shape index (κ1) is 23.8. The molecule has 5 nitrogen and oxygen atoms in total. The average Bonchev–Trinajstić information content (AvgIpc) is 3.22. The molecular formula is C30H29FN2O3. The lowest BCUT2D eigenvalue weighted by atomic mass is 9.73. The summed E-state index contributed by atoms with van der Waals surface area (Å²) >= 11 is 0. The molecule has 0 radical (unpaired) electrons. The number of benzene rings is 3. The van der Waals surface area contributed by atoms with E-state index < -0.39 is 12.3 Å². The van der Waals surface area contributed by atoms with Crippen molar-refractivity contribution in [3.8, 4) is 5.75 Å². The second kappa shape index (κ2) is 10.4. The molecule has 36 heavy (non-hydrogen) atoms. The zero-order valence-corrected chi connectivity index (χ0v) is 20.1. The minimum Gasteiger partial charge on any atom is -0.494 e. The Bertz CT molecular complexity index is 1330. The van der Waals surface area contributed by atoms with E-state index in [9.17, 15) is 9.18 Å². The maximum Gasteiger partial charge on any atom is 0.328 e. The number of hydrogen-bond acceptors (Lipinski definition) is 4. The lowest BCUT2D eigenvalue weighted by Crippen LogP contribution is -2.15. The van der Waals surface area contributed by atoms with Crippen LogP contribution in [-0.2, 0) is 4.79 Å². The van der Waals surface area contributed by atoms with E-state index >= 15 is 0 Å². The summed E-state index contributed by atoms with van der Waals surface area (Å²) in [5, 5.41) is 8.97. The van der Waals surface area contributed by atoms with Gasteiger partial charge in [-0.2, -0.15) is 0 Å². The summed E-state index contributed by atoms with van der Waals surface area (Å²) in [7, 11) is 0. The molecule has 2 aliphatic rings. The lowest BCUT2D eigenvalue weighted by molar-refractivity contribution is -0.131. The summed E-state index contributed by atoms with van der Waals surface area (Å²) in [6, 6.07) is 21.9. The van der Waals surface area contributed by atoms with E-state index in [0.717, 1.165) is 58.2 Å².